The minimum Gasteiger partial charge on any atom is -0.463 e. The number of carbonyl (C=O) groups is 2. The molecule has 2 rings (SSSR count). The first-order valence-electron chi connectivity index (χ1n) is 5.86. The fourth-order valence-electron chi connectivity index (χ4n) is 1.64. The van der Waals surface area contributed by atoms with Crippen LogP contribution >= 0.6 is 0 Å². The minimum absolute atomic E-state index is 0.0292. The van der Waals surface area contributed by atoms with Gasteiger partial charge in [-0.1, -0.05) is 0 Å². The average Bonchev–Trinajstić information content (AvgIpc) is 2.82. The van der Waals surface area contributed by atoms with Gasteiger partial charge in [0, 0.05) is 24.6 Å². The van der Waals surface area contributed by atoms with Crippen molar-refractivity contribution < 1.29 is 24.0 Å². The summed E-state index contributed by atoms with van der Waals surface area (Å²) in [6.07, 6.45) is 2.12. The lowest BCUT2D eigenvalue weighted by molar-refractivity contribution is -0.384. The lowest BCUT2D eigenvalue weighted by atomic mass is 10.2. The Morgan fingerprint density at radius 3 is 2.65 bits per heavy atom. The van der Waals surface area contributed by atoms with Crippen LogP contribution in [-0.4, -0.2) is 29.6 Å². The smallest absolute Gasteiger partial charge is 0.347 e. The van der Waals surface area contributed by atoms with Crippen LogP contribution in [0.2, 0.25) is 0 Å². The number of non-ortho nitro benzene ring substituents is 1. The van der Waals surface area contributed by atoms with Crippen molar-refractivity contribution in [1.82, 2.24) is 0 Å². The molecule has 0 aromatic heterocycles. The van der Waals surface area contributed by atoms with E-state index < -0.39 is 23.0 Å². The van der Waals surface area contributed by atoms with Crippen LogP contribution in [0.1, 0.15) is 12.0 Å². The Morgan fingerprint density at radius 2 is 2.10 bits per heavy atom. The van der Waals surface area contributed by atoms with Crippen LogP contribution in [0.25, 0.3) is 6.08 Å². The molecule has 1 fully saturated rings. The van der Waals surface area contributed by atoms with E-state index in [0.29, 0.717) is 12.0 Å². The first kappa shape index (κ1) is 13.7. The van der Waals surface area contributed by atoms with E-state index in [1.54, 1.807) is 0 Å². The summed E-state index contributed by atoms with van der Waals surface area (Å²) in [5, 5.41) is 10.5. The van der Waals surface area contributed by atoms with Gasteiger partial charge in [0.1, 0.15) is 0 Å². The summed E-state index contributed by atoms with van der Waals surface area (Å²) in [5.41, 5.74) is 0.583. The number of nitro benzene ring substituents is 1. The molecule has 0 spiro atoms. The van der Waals surface area contributed by atoms with E-state index in [1.807, 2.05) is 0 Å². The highest BCUT2D eigenvalue weighted by atomic mass is 16.6. The van der Waals surface area contributed by atoms with Crippen LogP contribution in [-0.2, 0) is 19.1 Å². The monoisotopic (exact) mass is 277 g/mol. The van der Waals surface area contributed by atoms with E-state index in [9.17, 15) is 19.7 Å². The summed E-state index contributed by atoms with van der Waals surface area (Å²) >= 11 is 0. The van der Waals surface area contributed by atoms with Crippen molar-refractivity contribution in [3.8, 4) is 0 Å². The number of nitrogens with zero attached hydrogens (tertiary/aromatic N) is 1. The summed E-state index contributed by atoms with van der Waals surface area (Å²) in [5.74, 6) is -1.20. The second kappa shape index (κ2) is 5.96. The molecule has 7 nitrogen and oxygen atoms in total. The number of nitro groups is 1. The van der Waals surface area contributed by atoms with Gasteiger partial charge < -0.3 is 9.47 Å². The highest BCUT2D eigenvalue weighted by molar-refractivity contribution is 5.89. The maximum atomic E-state index is 11.5. The van der Waals surface area contributed by atoms with Crippen LogP contribution in [0.5, 0.6) is 0 Å². The fourth-order valence-corrected chi connectivity index (χ4v) is 1.64. The van der Waals surface area contributed by atoms with Crippen molar-refractivity contribution in [1.29, 1.82) is 0 Å². The van der Waals surface area contributed by atoms with Crippen LogP contribution in [0.4, 0.5) is 5.69 Å². The summed E-state index contributed by atoms with van der Waals surface area (Å²) in [7, 11) is 0. The molecule has 0 amide bonds. The average molecular weight is 277 g/mol. The van der Waals surface area contributed by atoms with Gasteiger partial charge >= 0.3 is 11.9 Å². The Kier molecular flexibility index (Phi) is 4.09. The van der Waals surface area contributed by atoms with Crippen LogP contribution in [0.3, 0.4) is 0 Å². The van der Waals surface area contributed by atoms with Crippen LogP contribution in [0.15, 0.2) is 30.3 Å². The number of esters is 2. The van der Waals surface area contributed by atoms with E-state index in [2.05, 4.69) is 4.74 Å². The molecule has 0 aliphatic carbocycles. The van der Waals surface area contributed by atoms with Gasteiger partial charge in [-0.05, 0) is 23.8 Å². The van der Waals surface area contributed by atoms with Crippen molar-refractivity contribution in [3.05, 3.63) is 46.0 Å². The van der Waals surface area contributed by atoms with E-state index in [1.165, 1.54) is 30.3 Å². The second-order valence-corrected chi connectivity index (χ2v) is 4.06. The van der Waals surface area contributed by atoms with E-state index >= 15 is 0 Å². The molecule has 1 aromatic carbocycles. The number of benzene rings is 1. The van der Waals surface area contributed by atoms with Gasteiger partial charge in [-0.25, -0.2) is 9.59 Å². The molecule has 104 valence electrons. The molecule has 1 aliphatic rings. The third-order valence-electron chi connectivity index (χ3n) is 2.66. The molecule has 1 saturated heterocycles. The van der Waals surface area contributed by atoms with Gasteiger partial charge in [0.15, 0.2) is 0 Å². The highest BCUT2D eigenvalue weighted by Gasteiger charge is 2.29. The van der Waals surface area contributed by atoms with Gasteiger partial charge in [0.2, 0.25) is 6.10 Å². The third kappa shape index (κ3) is 3.41. The Balaban J connectivity index is 1.93. The molecule has 1 aliphatic heterocycles. The van der Waals surface area contributed by atoms with E-state index in [-0.39, 0.29) is 12.3 Å². The number of cyclic esters (lactones) is 1. The number of hydrogen-bond donors (Lipinski definition) is 0. The van der Waals surface area contributed by atoms with E-state index in [4.69, 9.17) is 4.74 Å². The molecular formula is C13H11NO6. The van der Waals surface area contributed by atoms with Crippen LogP contribution in [0, 0.1) is 10.1 Å². The molecule has 0 radical (unpaired) electrons. The highest BCUT2D eigenvalue weighted by Crippen LogP contribution is 2.14. The van der Waals surface area contributed by atoms with Gasteiger partial charge in [-0.2, -0.15) is 0 Å². The Bertz CT molecular complexity index is 563. The SMILES string of the molecule is O=C(C=Cc1ccc([N+](=O)[O-])cc1)OC1CCOC1=O. The first-order valence-corrected chi connectivity index (χ1v) is 5.86. The molecule has 0 saturated carbocycles. The largest absolute Gasteiger partial charge is 0.463 e. The van der Waals surface area contributed by atoms with Crippen molar-refractivity contribution in [2.75, 3.05) is 6.61 Å². The first-order chi connectivity index (χ1) is 9.56. The zero-order chi connectivity index (χ0) is 14.5. The second-order valence-electron chi connectivity index (χ2n) is 4.06. The predicted molar refractivity (Wildman–Crippen MR) is 67.6 cm³/mol. The zero-order valence-corrected chi connectivity index (χ0v) is 10.4. The molecule has 0 N–H and O–H groups in total. The van der Waals surface area contributed by atoms with Crippen LogP contribution < -0.4 is 0 Å². The van der Waals surface area contributed by atoms with Gasteiger partial charge in [0.25, 0.3) is 5.69 Å². The summed E-state index contributed by atoms with van der Waals surface area (Å²) in [6, 6.07) is 5.68. The zero-order valence-electron chi connectivity index (χ0n) is 10.4. The molecule has 7 heteroatoms. The van der Waals surface area contributed by atoms with Gasteiger partial charge in [0.05, 0.1) is 11.5 Å². The van der Waals surface area contributed by atoms with Crippen molar-refractivity contribution >= 4 is 23.7 Å². The molecule has 1 atom stereocenters. The quantitative estimate of drug-likeness (QED) is 0.358. The molecule has 1 heterocycles. The van der Waals surface area contributed by atoms with Crippen molar-refractivity contribution in [2.45, 2.75) is 12.5 Å². The van der Waals surface area contributed by atoms with Crippen molar-refractivity contribution in [2.24, 2.45) is 0 Å². The van der Waals surface area contributed by atoms with E-state index in [0.717, 1.165) is 6.08 Å². The minimum atomic E-state index is -0.844. The number of hydrogen-bond acceptors (Lipinski definition) is 6. The fraction of sp³-hybridized carbons (Fsp3) is 0.231. The standard InChI is InChI=1S/C13H11NO6/c15-12(20-11-7-8-19-13(11)16)6-3-9-1-4-10(5-2-9)14(17)18/h1-6,11H,7-8H2. The number of rotatable bonds is 4. The third-order valence-corrected chi connectivity index (χ3v) is 2.66. The maximum absolute atomic E-state index is 11.5. The predicted octanol–water partition coefficient (Wildman–Crippen LogP) is 1.47. The Labute approximate surface area is 113 Å². The van der Waals surface area contributed by atoms with Crippen molar-refractivity contribution in [3.63, 3.8) is 0 Å². The Hall–Kier alpha value is -2.70. The molecule has 1 unspecified atom stereocenters. The normalized spacial score (nSPS) is 18.0. The number of ether oxygens (including phenoxy) is 2. The maximum Gasteiger partial charge on any atom is 0.347 e. The summed E-state index contributed by atoms with van der Waals surface area (Å²) in [6.45, 7) is 0.253. The molecular weight excluding hydrogens is 266 g/mol. The Morgan fingerprint density at radius 1 is 1.40 bits per heavy atom. The number of carbonyl (C=O) groups excluding carboxylic acids is 2. The van der Waals surface area contributed by atoms with Gasteiger partial charge in [-0.3, -0.25) is 10.1 Å². The molecule has 1 aromatic rings. The molecule has 0 bridgehead atoms. The summed E-state index contributed by atoms with van der Waals surface area (Å²) < 4.78 is 9.56. The summed E-state index contributed by atoms with van der Waals surface area (Å²) in [4.78, 5) is 32.5. The molecule has 20 heavy (non-hydrogen) atoms. The topological polar surface area (TPSA) is 95.7 Å². The van der Waals surface area contributed by atoms with Gasteiger partial charge in [-0.15, -0.1) is 0 Å². The lowest BCUT2D eigenvalue weighted by Crippen LogP contribution is -2.21. The lowest BCUT2D eigenvalue weighted by Gasteiger charge is -2.04.